The number of aliphatic hydroxyl groups is 1. The number of rotatable bonds is 7. The number of nitrogens with zero attached hydrogens (tertiary/aromatic N) is 6. The van der Waals surface area contributed by atoms with E-state index < -0.39 is 5.60 Å². The van der Waals surface area contributed by atoms with Crippen LogP contribution in [0.25, 0.3) is 16.6 Å². The average Bonchev–Trinajstić information content (AvgIpc) is 3.62. The molecule has 3 aromatic heterocycles. The van der Waals surface area contributed by atoms with Gasteiger partial charge in [0.15, 0.2) is 0 Å². The van der Waals surface area contributed by atoms with Crippen molar-refractivity contribution in [3.05, 3.63) is 71.4 Å². The number of hydrogen-bond acceptors (Lipinski definition) is 8. The van der Waals surface area contributed by atoms with Gasteiger partial charge in [0.25, 0.3) is 0 Å². The molecule has 8 nitrogen and oxygen atoms in total. The van der Waals surface area contributed by atoms with Crippen molar-refractivity contribution < 1.29 is 14.2 Å². The van der Waals surface area contributed by atoms with E-state index in [4.69, 9.17) is 21.3 Å². The highest BCUT2D eigenvalue weighted by Gasteiger charge is 2.41. The maximum absolute atomic E-state index is 14.3. The van der Waals surface area contributed by atoms with E-state index in [2.05, 4.69) is 20.4 Å². The summed E-state index contributed by atoms with van der Waals surface area (Å²) in [5, 5.41) is 24.5. The molecule has 0 saturated carbocycles. The molecule has 206 valence electrons. The predicted octanol–water partition coefficient (Wildman–Crippen LogP) is 5.29. The third-order valence-corrected chi connectivity index (χ3v) is 8.86. The molecule has 0 aliphatic carbocycles. The highest BCUT2D eigenvalue weighted by atomic mass is 35.5. The maximum Gasteiger partial charge on any atom is 0.139 e. The largest absolute Gasteiger partial charge is 0.489 e. The number of fused-ring (bicyclic) bond motifs is 2. The van der Waals surface area contributed by atoms with Crippen molar-refractivity contribution in [3.8, 4) is 22.9 Å². The third kappa shape index (κ3) is 5.34. The molecule has 6 rings (SSSR count). The van der Waals surface area contributed by atoms with Crippen LogP contribution in [0.5, 0.6) is 5.75 Å². The number of ether oxygens (including phenoxy) is 1. The van der Waals surface area contributed by atoms with Crippen LogP contribution in [0.3, 0.4) is 0 Å². The molecule has 1 N–H and O–H groups in total. The molecule has 0 unspecified atom stereocenters. The Morgan fingerprint density at radius 2 is 1.95 bits per heavy atom. The molecule has 40 heavy (non-hydrogen) atoms. The fourth-order valence-corrected chi connectivity index (χ4v) is 6.75. The summed E-state index contributed by atoms with van der Waals surface area (Å²) in [7, 11) is 0. The maximum atomic E-state index is 14.3. The number of anilines is 1. The lowest BCUT2D eigenvalue weighted by Gasteiger charge is -2.22. The van der Waals surface area contributed by atoms with Crippen LogP contribution in [-0.4, -0.2) is 62.4 Å². The van der Waals surface area contributed by atoms with E-state index in [0.29, 0.717) is 38.6 Å². The minimum Gasteiger partial charge on any atom is -0.489 e. The van der Waals surface area contributed by atoms with Crippen LogP contribution in [0, 0.1) is 29.0 Å². The van der Waals surface area contributed by atoms with E-state index in [1.54, 1.807) is 36.7 Å². The van der Waals surface area contributed by atoms with Crippen LogP contribution in [0.1, 0.15) is 19.4 Å². The first-order valence-electron chi connectivity index (χ1n) is 13.0. The van der Waals surface area contributed by atoms with E-state index in [1.807, 2.05) is 24.4 Å². The highest BCUT2D eigenvalue weighted by molar-refractivity contribution is 7.97. The summed E-state index contributed by atoms with van der Waals surface area (Å²) in [5.74, 6) is 2.08. The van der Waals surface area contributed by atoms with E-state index in [9.17, 15) is 14.8 Å². The van der Waals surface area contributed by atoms with Crippen molar-refractivity contribution in [2.45, 2.75) is 24.3 Å². The standard InChI is InChI=1S/C29H28ClFN6O2S/c1-29(2,38)17-39-22-8-23(27-19(9-32)11-34-37(27)16-22)18-6-7-26(33-10-18)35-12-20-14-36(15-21(20)13-35)40-28-24(30)4-3-5-25(28)31/h3-8,10-11,16,20-21,38H,12-15,17H2,1-2H3/t20-,21+. The zero-order chi connectivity index (χ0) is 28.0. The summed E-state index contributed by atoms with van der Waals surface area (Å²) in [4.78, 5) is 7.57. The second-order valence-electron chi connectivity index (χ2n) is 11.0. The molecule has 2 fully saturated rings. The van der Waals surface area contributed by atoms with Gasteiger partial charge in [-0.3, -0.25) is 0 Å². The van der Waals surface area contributed by atoms with E-state index in [-0.39, 0.29) is 12.4 Å². The van der Waals surface area contributed by atoms with Gasteiger partial charge in [0.2, 0.25) is 0 Å². The molecule has 2 aliphatic heterocycles. The molecule has 11 heteroatoms. The van der Waals surface area contributed by atoms with Crippen molar-refractivity contribution in [2.24, 2.45) is 11.8 Å². The quantitative estimate of drug-likeness (QED) is 0.296. The lowest BCUT2D eigenvalue weighted by molar-refractivity contribution is 0.0283. The van der Waals surface area contributed by atoms with Gasteiger partial charge in [0, 0.05) is 43.5 Å². The first-order valence-corrected chi connectivity index (χ1v) is 14.2. The molecule has 0 spiro atoms. The monoisotopic (exact) mass is 578 g/mol. The topological polar surface area (TPSA) is 89.9 Å². The fourth-order valence-electron chi connectivity index (χ4n) is 5.38. The third-order valence-electron chi connectivity index (χ3n) is 7.27. The zero-order valence-corrected chi connectivity index (χ0v) is 23.7. The van der Waals surface area contributed by atoms with Crippen LogP contribution >= 0.6 is 23.5 Å². The van der Waals surface area contributed by atoms with Gasteiger partial charge in [-0.1, -0.05) is 17.7 Å². The van der Waals surface area contributed by atoms with E-state index >= 15 is 0 Å². The second-order valence-corrected chi connectivity index (χ2v) is 12.5. The van der Waals surface area contributed by atoms with E-state index in [0.717, 1.165) is 43.1 Å². The van der Waals surface area contributed by atoms with Crippen molar-refractivity contribution in [2.75, 3.05) is 37.7 Å². The Labute approximate surface area is 241 Å². The summed E-state index contributed by atoms with van der Waals surface area (Å²) in [6.07, 6.45) is 5.05. The molecular formula is C29H28ClFN6O2S. The van der Waals surface area contributed by atoms with Gasteiger partial charge < -0.3 is 14.7 Å². The first kappa shape index (κ1) is 26.8. The minimum absolute atomic E-state index is 0.113. The molecule has 0 bridgehead atoms. The molecule has 1 aromatic carbocycles. The van der Waals surface area contributed by atoms with Crippen LogP contribution in [-0.2, 0) is 0 Å². The van der Waals surface area contributed by atoms with Gasteiger partial charge in [-0.2, -0.15) is 10.4 Å². The van der Waals surface area contributed by atoms with Gasteiger partial charge in [-0.05, 0) is 68.0 Å². The van der Waals surface area contributed by atoms with Crippen molar-refractivity contribution >= 4 is 34.9 Å². The fraction of sp³-hybridized carbons (Fsp3) is 0.345. The van der Waals surface area contributed by atoms with Crippen LogP contribution in [0.15, 0.2) is 59.9 Å². The van der Waals surface area contributed by atoms with Crippen LogP contribution in [0.4, 0.5) is 10.2 Å². The number of aromatic nitrogens is 3. The molecule has 0 amide bonds. The molecular weight excluding hydrogens is 551 g/mol. The lowest BCUT2D eigenvalue weighted by atomic mass is 10.0. The SMILES string of the molecule is CC(C)(O)COc1cc(-c2ccc(N3C[C@H]4CN(Sc5c(F)cccc5Cl)C[C@H]4C3)nc2)c2c(C#N)cnn2c1. The molecule has 4 aromatic rings. The van der Waals surface area contributed by atoms with Crippen LogP contribution < -0.4 is 9.64 Å². The number of benzene rings is 1. The Morgan fingerprint density at radius 3 is 2.60 bits per heavy atom. The highest BCUT2D eigenvalue weighted by Crippen LogP contribution is 2.41. The zero-order valence-electron chi connectivity index (χ0n) is 22.1. The smallest absolute Gasteiger partial charge is 0.139 e. The van der Waals surface area contributed by atoms with Crippen molar-refractivity contribution in [1.82, 2.24) is 18.9 Å². The normalized spacial score (nSPS) is 19.2. The Kier molecular flexibility index (Phi) is 7.09. The van der Waals surface area contributed by atoms with Gasteiger partial charge in [-0.25, -0.2) is 18.2 Å². The van der Waals surface area contributed by atoms with E-state index in [1.165, 1.54) is 24.2 Å². The molecule has 0 radical (unpaired) electrons. The number of pyridine rings is 2. The summed E-state index contributed by atoms with van der Waals surface area (Å²) >= 11 is 7.64. The van der Waals surface area contributed by atoms with Gasteiger partial charge in [0.1, 0.15) is 30.1 Å². The second kappa shape index (κ2) is 10.6. The minimum atomic E-state index is -0.991. The molecule has 2 aliphatic rings. The summed E-state index contributed by atoms with van der Waals surface area (Å²) in [6, 6.07) is 12.9. The number of nitriles is 1. The number of hydrogen-bond donors (Lipinski definition) is 1. The molecule has 2 saturated heterocycles. The lowest BCUT2D eigenvalue weighted by Crippen LogP contribution is -2.27. The summed E-state index contributed by atoms with van der Waals surface area (Å²) in [5.41, 5.74) is 1.76. The van der Waals surface area contributed by atoms with Gasteiger partial charge >= 0.3 is 0 Å². The Hall–Kier alpha value is -3.36. The van der Waals surface area contributed by atoms with Crippen molar-refractivity contribution in [1.29, 1.82) is 5.26 Å². The Morgan fingerprint density at radius 1 is 1.18 bits per heavy atom. The predicted molar refractivity (Wildman–Crippen MR) is 153 cm³/mol. The van der Waals surface area contributed by atoms with Crippen LogP contribution in [0.2, 0.25) is 5.02 Å². The van der Waals surface area contributed by atoms with Gasteiger partial charge in [-0.15, -0.1) is 0 Å². The van der Waals surface area contributed by atoms with Crippen molar-refractivity contribution in [3.63, 3.8) is 0 Å². The first-order chi connectivity index (χ1) is 19.2. The number of halogens is 2. The average molecular weight is 579 g/mol. The molecule has 5 heterocycles. The Balaban J connectivity index is 1.18. The summed E-state index contributed by atoms with van der Waals surface area (Å²) in [6.45, 7) is 6.96. The molecule has 2 atom stereocenters. The summed E-state index contributed by atoms with van der Waals surface area (Å²) < 4.78 is 23.9. The van der Waals surface area contributed by atoms with Gasteiger partial charge in [0.05, 0.1) is 39.0 Å². The Bertz CT molecular complexity index is 1570.